The van der Waals surface area contributed by atoms with Crippen LogP contribution in [0.5, 0.6) is 34.5 Å². The van der Waals surface area contributed by atoms with Crippen LogP contribution in [-0.2, 0) is 29.8 Å². The first-order chi connectivity index (χ1) is 25.1. The Labute approximate surface area is 337 Å². The van der Waals surface area contributed by atoms with Gasteiger partial charge in [0, 0.05) is 6.07 Å². The molecule has 57 heavy (non-hydrogen) atoms. The first-order valence-electron chi connectivity index (χ1n) is 15.7. The zero-order valence-electron chi connectivity index (χ0n) is 28.6. The molecule has 0 saturated heterocycles. The molecule has 14 heteroatoms. The van der Waals surface area contributed by atoms with Gasteiger partial charge in [-0.15, -0.1) is 0 Å². The van der Waals surface area contributed by atoms with E-state index in [1.54, 1.807) is 55.6 Å². The molecule has 0 aromatic heterocycles. The minimum atomic E-state index is -4.78. The van der Waals surface area contributed by atoms with E-state index in [0.717, 1.165) is 22.9 Å². The van der Waals surface area contributed by atoms with Crippen LogP contribution in [0.1, 0.15) is 40.8 Å². The molecule has 0 aliphatic rings. The number of phenolic OH excluding ortho intramolecular Hbond substituents is 1. The molecular formula is C43H50O11S3. The number of aryl methyl sites for hydroxylation is 2. The van der Waals surface area contributed by atoms with E-state index < -0.39 is 34.7 Å². The molecule has 0 unspecified atom stereocenters. The zero-order chi connectivity index (χ0) is 38.4. The maximum absolute atomic E-state index is 12.9. The van der Waals surface area contributed by atoms with E-state index in [1.807, 2.05) is 13.8 Å². The van der Waals surface area contributed by atoms with Gasteiger partial charge in [-0.1, -0.05) is 65.1 Å². The molecule has 2 N–H and O–H groups in total. The normalized spacial score (nSPS) is 10.7. The van der Waals surface area contributed by atoms with Crippen LogP contribution in [0.15, 0.2) is 164 Å². The van der Waals surface area contributed by atoms with Crippen LogP contribution < -0.4 is 14.2 Å². The van der Waals surface area contributed by atoms with Crippen LogP contribution in [0.4, 0.5) is 0 Å². The minimum Gasteiger partial charge on any atom is -0.508 e. The highest BCUT2D eigenvalue weighted by Gasteiger charge is 2.22. The summed E-state index contributed by atoms with van der Waals surface area (Å²) in [5, 5.41) is 8.80. The second-order valence-corrected chi connectivity index (χ2v) is 16.9. The highest BCUT2D eigenvalue weighted by molar-refractivity contribution is 7.91. The fourth-order valence-corrected chi connectivity index (χ4v) is 7.91. The van der Waals surface area contributed by atoms with Crippen LogP contribution in [0.2, 0.25) is 0 Å². The summed E-state index contributed by atoms with van der Waals surface area (Å²) in [4.78, 5) is -0.250. The summed E-state index contributed by atoms with van der Waals surface area (Å²) in [6.07, 6.45) is 0. The Balaban J connectivity index is 0.00000111. The third-order valence-corrected chi connectivity index (χ3v) is 12.1. The van der Waals surface area contributed by atoms with Crippen molar-refractivity contribution < 1.29 is 49.1 Å². The molecule has 306 valence electrons. The van der Waals surface area contributed by atoms with Crippen molar-refractivity contribution in [2.24, 2.45) is 0 Å². The average molecular weight is 839 g/mol. The fraction of sp³-hybridized carbons (Fsp3) is 0.163. The Hall–Kier alpha value is -5.67. The van der Waals surface area contributed by atoms with Crippen molar-refractivity contribution in [3.63, 3.8) is 0 Å². The molecule has 0 spiro atoms. The number of aromatic hydroxyl groups is 1. The van der Waals surface area contributed by atoms with Gasteiger partial charge in [0.1, 0.15) is 39.4 Å². The number of hydrogen-bond donors (Lipinski definition) is 2. The molecule has 0 fully saturated rings. The average Bonchev–Trinajstić information content (AvgIpc) is 3.13. The van der Waals surface area contributed by atoms with Gasteiger partial charge >= 0.3 is 0 Å². The quantitative estimate of drug-likeness (QED) is 0.126. The van der Waals surface area contributed by atoms with Gasteiger partial charge in [-0.2, -0.15) is 8.42 Å². The van der Waals surface area contributed by atoms with E-state index in [4.69, 9.17) is 19.3 Å². The lowest BCUT2D eigenvalue weighted by molar-refractivity contribution is 0.412. The Kier molecular flexibility index (Phi) is 17.7. The topological polar surface area (TPSA) is 171 Å². The summed E-state index contributed by atoms with van der Waals surface area (Å²) < 4.78 is 102. The number of benzene rings is 6. The van der Waals surface area contributed by atoms with Crippen molar-refractivity contribution in [2.45, 2.75) is 68.0 Å². The van der Waals surface area contributed by atoms with Crippen LogP contribution in [-0.4, -0.2) is 42.0 Å². The summed E-state index contributed by atoms with van der Waals surface area (Å²) >= 11 is 0. The number of ether oxygens (including phenoxy) is 3. The minimum absolute atomic E-state index is 0. The predicted octanol–water partition coefficient (Wildman–Crippen LogP) is 10.7. The molecule has 6 aromatic carbocycles. The standard InChI is InChI=1S/C32H26O9S3.C7H8O2.4CH4/c1-22-3-12-27(13-4-22)42(33,34)29-16-7-24(8-17-29)40-26-11-20-31(32(21-26)44(37,38)39)41-25-9-18-30(19-10-25)43(35,36)28-14-5-23(2)6-15-28;1-9-7-4-2-6(8)3-5-7;;;;/h3-21H,1-2H3,(H,37,38,39);2-5,8H,1H3;4*1H4. The van der Waals surface area contributed by atoms with Crippen molar-refractivity contribution in [3.05, 3.63) is 151 Å². The third kappa shape index (κ3) is 12.4. The first-order valence-corrected chi connectivity index (χ1v) is 20.1. The fourth-order valence-electron chi connectivity index (χ4n) is 4.76. The van der Waals surface area contributed by atoms with Gasteiger partial charge in [-0.05, 0) is 123 Å². The smallest absolute Gasteiger partial charge is 0.298 e. The van der Waals surface area contributed by atoms with Crippen LogP contribution in [0, 0.1) is 13.8 Å². The molecule has 0 heterocycles. The van der Waals surface area contributed by atoms with Gasteiger partial charge in [0.25, 0.3) is 10.1 Å². The molecule has 6 rings (SSSR count). The second-order valence-electron chi connectivity index (χ2n) is 11.6. The molecule has 0 bridgehead atoms. The SMILES string of the molecule is C.C.C.C.COc1ccc(O)cc1.Cc1ccc(S(=O)(=O)c2ccc(Oc3ccc(Oc4ccc(S(=O)(=O)c5ccc(C)cc5)cc4)c(S(=O)(=O)O)c3)cc2)cc1. The summed E-state index contributed by atoms with van der Waals surface area (Å²) in [5.41, 5.74) is 1.84. The highest BCUT2D eigenvalue weighted by Crippen LogP contribution is 2.35. The maximum atomic E-state index is 12.9. The number of hydrogen-bond acceptors (Lipinski definition) is 10. The lowest BCUT2D eigenvalue weighted by atomic mass is 10.2. The van der Waals surface area contributed by atoms with Gasteiger partial charge < -0.3 is 19.3 Å². The lowest BCUT2D eigenvalue weighted by Gasteiger charge is -2.13. The van der Waals surface area contributed by atoms with Gasteiger partial charge in [0.05, 0.1) is 26.7 Å². The van der Waals surface area contributed by atoms with Gasteiger partial charge in [-0.3, -0.25) is 4.55 Å². The lowest BCUT2D eigenvalue weighted by Crippen LogP contribution is -2.03. The summed E-state index contributed by atoms with van der Waals surface area (Å²) in [6, 6.07) is 34.1. The Morgan fingerprint density at radius 3 is 1.14 bits per heavy atom. The van der Waals surface area contributed by atoms with E-state index in [2.05, 4.69) is 0 Å². The molecule has 0 amide bonds. The largest absolute Gasteiger partial charge is 0.508 e. The molecule has 0 atom stereocenters. The van der Waals surface area contributed by atoms with Crippen molar-refractivity contribution >= 4 is 29.8 Å². The monoisotopic (exact) mass is 838 g/mol. The molecule has 0 radical (unpaired) electrons. The predicted molar refractivity (Wildman–Crippen MR) is 224 cm³/mol. The third-order valence-electron chi connectivity index (χ3n) is 7.66. The second kappa shape index (κ2) is 20.5. The molecule has 0 saturated carbocycles. The molecule has 0 aliphatic carbocycles. The van der Waals surface area contributed by atoms with Crippen LogP contribution >= 0.6 is 0 Å². The van der Waals surface area contributed by atoms with Gasteiger partial charge in [0.2, 0.25) is 19.7 Å². The summed E-state index contributed by atoms with van der Waals surface area (Å²) in [6.45, 7) is 3.70. The molecule has 11 nitrogen and oxygen atoms in total. The van der Waals surface area contributed by atoms with E-state index in [0.29, 0.717) is 0 Å². The van der Waals surface area contributed by atoms with Crippen molar-refractivity contribution in [2.75, 3.05) is 7.11 Å². The maximum Gasteiger partial charge on any atom is 0.298 e. The molecule has 6 aromatic rings. The summed E-state index contributed by atoms with van der Waals surface area (Å²) in [7, 11) is -10.7. The van der Waals surface area contributed by atoms with Gasteiger partial charge in [0.15, 0.2) is 0 Å². The Morgan fingerprint density at radius 2 is 0.772 bits per heavy atom. The van der Waals surface area contributed by atoms with Crippen LogP contribution in [0.25, 0.3) is 0 Å². The Morgan fingerprint density at radius 1 is 0.439 bits per heavy atom. The van der Waals surface area contributed by atoms with E-state index >= 15 is 0 Å². The van der Waals surface area contributed by atoms with E-state index in [-0.39, 0.29) is 78.0 Å². The van der Waals surface area contributed by atoms with Crippen molar-refractivity contribution in [3.8, 4) is 34.5 Å². The highest BCUT2D eigenvalue weighted by atomic mass is 32.2. The number of phenols is 1. The molecule has 0 aliphatic heterocycles. The number of methoxy groups -OCH3 is 1. The van der Waals surface area contributed by atoms with E-state index in [9.17, 15) is 29.8 Å². The number of rotatable bonds is 10. The zero-order valence-corrected chi connectivity index (χ0v) is 31.0. The van der Waals surface area contributed by atoms with Gasteiger partial charge in [-0.25, -0.2) is 16.8 Å². The van der Waals surface area contributed by atoms with E-state index in [1.165, 1.54) is 84.9 Å². The molecular weight excluding hydrogens is 789 g/mol. The Bertz CT molecular complexity index is 2520. The van der Waals surface area contributed by atoms with Crippen molar-refractivity contribution in [1.82, 2.24) is 0 Å². The number of sulfone groups is 2. The first kappa shape index (κ1) is 49.3. The van der Waals surface area contributed by atoms with Crippen LogP contribution in [0.3, 0.4) is 0 Å². The summed E-state index contributed by atoms with van der Waals surface area (Å²) in [5.74, 6) is 1.15. The van der Waals surface area contributed by atoms with Crippen molar-refractivity contribution in [1.29, 1.82) is 0 Å².